The van der Waals surface area contributed by atoms with Gasteiger partial charge in [-0.1, -0.05) is 18.2 Å². The van der Waals surface area contributed by atoms with Crippen LogP contribution in [0.25, 0.3) is 6.08 Å². The van der Waals surface area contributed by atoms with Crippen LogP contribution in [0.1, 0.15) is 5.56 Å². The van der Waals surface area contributed by atoms with Gasteiger partial charge >= 0.3 is 5.97 Å². The molecule has 0 aliphatic heterocycles. The third kappa shape index (κ3) is 4.44. The second-order valence-corrected chi connectivity index (χ2v) is 3.66. The van der Waals surface area contributed by atoms with Crippen LogP contribution in [0.2, 0.25) is 0 Å². The fourth-order valence-electron chi connectivity index (χ4n) is 1.37. The van der Waals surface area contributed by atoms with Gasteiger partial charge in [0.2, 0.25) is 5.91 Å². The Balaban J connectivity index is 2.70. The Morgan fingerprint density at radius 3 is 2.68 bits per heavy atom. The second-order valence-electron chi connectivity index (χ2n) is 3.66. The van der Waals surface area contributed by atoms with Gasteiger partial charge < -0.3 is 20.3 Å². The molecule has 0 radical (unpaired) electrons. The highest BCUT2D eigenvalue weighted by Gasteiger charge is 2.17. The lowest BCUT2D eigenvalue weighted by atomic mass is 10.2. The van der Waals surface area contributed by atoms with Crippen LogP contribution in [0.15, 0.2) is 30.3 Å². The number of hydrogen-bond donors (Lipinski definition) is 3. The first-order valence-corrected chi connectivity index (χ1v) is 5.53. The monoisotopic (exact) mass is 265 g/mol. The van der Waals surface area contributed by atoms with Gasteiger partial charge in [0.1, 0.15) is 5.75 Å². The van der Waals surface area contributed by atoms with Crippen molar-refractivity contribution in [3.63, 3.8) is 0 Å². The van der Waals surface area contributed by atoms with E-state index in [1.165, 1.54) is 19.3 Å². The Bertz CT molecular complexity index is 484. The van der Waals surface area contributed by atoms with E-state index in [1.54, 1.807) is 24.3 Å². The predicted octanol–water partition coefficient (Wildman–Crippen LogP) is 0.270. The lowest BCUT2D eigenvalue weighted by Crippen LogP contribution is -2.42. The van der Waals surface area contributed by atoms with E-state index in [4.69, 9.17) is 14.9 Å². The minimum Gasteiger partial charge on any atom is -0.496 e. The lowest BCUT2D eigenvalue weighted by Gasteiger charge is -2.09. The molecule has 102 valence electrons. The summed E-state index contributed by atoms with van der Waals surface area (Å²) in [6, 6.07) is 5.76. The molecule has 6 heteroatoms. The molecule has 1 amide bonds. The van der Waals surface area contributed by atoms with Crippen molar-refractivity contribution in [1.82, 2.24) is 5.32 Å². The standard InChI is InChI=1S/C13H15NO5/c1-19-11-5-3-2-4-9(11)6-7-12(16)14-10(8-15)13(17)18/h2-7,10,15H,8H2,1H3,(H,14,16)(H,17,18)/b7-6+/t10-/m1/s1. The van der Waals surface area contributed by atoms with Crippen molar-refractivity contribution in [1.29, 1.82) is 0 Å². The van der Waals surface area contributed by atoms with Crippen molar-refractivity contribution in [2.45, 2.75) is 6.04 Å². The Hall–Kier alpha value is -2.34. The van der Waals surface area contributed by atoms with E-state index in [9.17, 15) is 9.59 Å². The number of ether oxygens (including phenoxy) is 1. The highest BCUT2D eigenvalue weighted by molar-refractivity contribution is 5.94. The van der Waals surface area contributed by atoms with Crippen molar-refractivity contribution < 1.29 is 24.5 Å². The van der Waals surface area contributed by atoms with Crippen LogP contribution in [0.3, 0.4) is 0 Å². The number of carboxylic acids is 1. The normalized spacial score (nSPS) is 12.1. The Morgan fingerprint density at radius 2 is 2.11 bits per heavy atom. The first-order valence-electron chi connectivity index (χ1n) is 5.53. The smallest absolute Gasteiger partial charge is 0.328 e. The molecule has 1 aromatic carbocycles. The van der Waals surface area contributed by atoms with E-state index in [1.807, 2.05) is 0 Å². The number of methoxy groups -OCH3 is 1. The van der Waals surface area contributed by atoms with Crippen molar-refractivity contribution in [3.8, 4) is 5.75 Å². The van der Waals surface area contributed by atoms with Crippen LogP contribution in [0, 0.1) is 0 Å². The molecule has 0 heterocycles. The predicted molar refractivity (Wildman–Crippen MR) is 68.7 cm³/mol. The number of aliphatic hydroxyl groups excluding tert-OH is 1. The molecule has 0 spiro atoms. The van der Waals surface area contributed by atoms with Crippen LogP contribution < -0.4 is 10.1 Å². The molecule has 0 bridgehead atoms. The molecule has 1 aromatic rings. The van der Waals surface area contributed by atoms with E-state index >= 15 is 0 Å². The Kier molecular flexibility index (Phi) is 5.56. The first-order chi connectivity index (χ1) is 9.08. The van der Waals surface area contributed by atoms with E-state index in [-0.39, 0.29) is 0 Å². The van der Waals surface area contributed by atoms with Gasteiger partial charge in [0.15, 0.2) is 6.04 Å². The van der Waals surface area contributed by atoms with E-state index in [0.29, 0.717) is 11.3 Å². The fraction of sp³-hybridized carbons (Fsp3) is 0.231. The van der Waals surface area contributed by atoms with Crippen molar-refractivity contribution in [2.75, 3.05) is 13.7 Å². The van der Waals surface area contributed by atoms with Crippen LogP contribution in [0.4, 0.5) is 0 Å². The van der Waals surface area contributed by atoms with Gasteiger partial charge in [-0.25, -0.2) is 4.79 Å². The van der Waals surface area contributed by atoms with Gasteiger partial charge in [-0.3, -0.25) is 4.79 Å². The summed E-state index contributed by atoms with van der Waals surface area (Å²) >= 11 is 0. The summed E-state index contributed by atoms with van der Waals surface area (Å²) < 4.78 is 5.10. The minimum absolute atomic E-state index is 0.600. The number of carbonyl (C=O) groups is 2. The van der Waals surface area contributed by atoms with Gasteiger partial charge in [-0.15, -0.1) is 0 Å². The molecule has 6 nitrogen and oxygen atoms in total. The molecule has 0 fully saturated rings. The van der Waals surface area contributed by atoms with E-state index in [0.717, 1.165) is 0 Å². The summed E-state index contributed by atoms with van der Waals surface area (Å²) in [5, 5.41) is 19.6. The molecule has 0 aliphatic carbocycles. The Labute approximate surface area is 110 Å². The zero-order chi connectivity index (χ0) is 14.3. The third-order valence-electron chi connectivity index (χ3n) is 2.35. The van der Waals surface area contributed by atoms with Gasteiger partial charge in [-0.2, -0.15) is 0 Å². The quantitative estimate of drug-likeness (QED) is 0.642. The number of nitrogens with one attached hydrogen (secondary N) is 1. The van der Waals surface area contributed by atoms with Crippen LogP contribution >= 0.6 is 0 Å². The van der Waals surface area contributed by atoms with E-state index in [2.05, 4.69) is 5.32 Å². The maximum atomic E-state index is 11.5. The summed E-state index contributed by atoms with van der Waals surface area (Å²) in [5.74, 6) is -1.29. The number of aliphatic carboxylic acids is 1. The van der Waals surface area contributed by atoms with Gasteiger partial charge in [0, 0.05) is 11.6 Å². The summed E-state index contributed by atoms with van der Waals surface area (Å²) in [5.41, 5.74) is 0.691. The van der Waals surface area contributed by atoms with Gasteiger partial charge in [0.25, 0.3) is 0 Å². The van der Waals surface area contributed by atoms with Gasteiger partial charge in [-0.05, 0) is 12.1 Å². The average Bonchev–Trinajstić information content (AvgIpc) is 2.42. The number of benzene rings is 1. The Morgan fingerprint density at radius 1 is 1.42 bits per heavy atom. The van der Waals surface area contributed by atoms with Crippen molar-refractivity contribution in [2.24, 2.45) is 0 Å². The number of amides is 1. The number of hydrogen-bond acceptors (Lipinski definition) is 4. The molecule has 3 N–H and O–H groups in total. The first kappa shape index (κ1) is 14.7. The molecule has 19 heavy (non-hydrogen) atoms. The molecule has 0 aliphatic rings. The summed E-state index contributed by atoms with van der Waals surface area (Å²) in [7, 11) is 1.51. The molecule has 0 saturated heterocycles. The second kappa shape index (κ2) is 7.17. The topological polar surface area (TPSA) is 95.9 Å². The average molecular weight is 265 g/mol. The van der Waals surface area contributed by atoms with Gasteiger partial charge in [0.05, 0.1) is 13.7 Å². The highest BCUT2D eigenvalue weighted by atomic mass is 16.5. The molecular weight excluding hydrogens is 250 g/mol. The highest BCUT2D eigenvalue weighted by Crippen LogP contribution is 2.18. The molecule has 0 unspecified atom stereocenters. The van der Waals surface area contributed by atoms with Crippen LogP contribution in [0.5, 0.6) is 5.75 Å². The zero-order valence-corrected chi connectivity index (χ0v) is 10.4. The molecule has 1 rings (SSSR count). The summed E-state index contributed by atoms with van der Waals surface area (Å²) in [6.45, 7) is -0.663. The number of carboxylic acid groups (broad SMARTS) is 1. The minimum atomic E-state index is -1.31. The molecule has 0 saturated carbocycles. The summed E-state index contributed by atoms with van der Waals surface area (Å²) in [4.78, 5) is 22.1. The largest absolute Gasteiger partial charge is 0.496 e. The molecular formula is C13H15NO5. The summed E-state index contributed by atoms with van der Waals surface area (Å²) in [6.07, 6.45) is 2.69. The number of rotatable bonds is 6. The zero-order valence-electron chi connectivity index (χ0n) is 10.4. The van der Waals surface area contributed by atoms with E-state index < -0.39 is 24.5 Å². The van der Waals surface area contributed by atoms with Crippen LogP contribution in [-0.2, 0) is 9.59 Å². The number of aliphatic hydroxyl groups is 1. The van der Waals surface area contributed by atoms with Crippen molar-refractivity contribution in [3.05, 3.63) is 35.9 Å². The number of para-hydroxylation sites is 1. The van der Waals surface area contributed by atoms with Crippen molar-refractivity contribution >= 4 is 18.0 Å². The lowest BCUT2D eigenvalue weighted by molar-refractivity contribution is -0.142. The maximum absolute atomic E-state index is 11.5. The fourth-order valence-corrected chi connectivity index (χ4v) is 1.37. The SMILES string of the molecule is COc1ccccc1/C=C/C(=O)N[C@H](CO)C(=O)O. The third-order valence-corrected chi connectivity index (χ3v) is 2.35. The molecule has 0 aromatic heterocycles. The molecule has 1 atom stereocenters. The maximum Gasteiger partial charge on any atom is 0.328 e. The van der Waals surface area contributed by atoms with Crippen LogP contribution in [-0.4, -0.2) is 41.8 Å². The number of carbonyl (C=O) groups excluding carboxylic acids is 1.